The molecule has 1 spiro atoms. The van der Waals surface area contributed by atoms with E-state index in [1.54, 1.807) is 0 Å². The molecule has 6 rings (SSSR count). The van der Waals surface area contributed by atoms with Gasteiger partial charge in [0.05, 0.1) is 5.92 Å². The van der Waals surface area contributed by atoms with E-state index in [-0.39, 0.29) is 17.8 Å². The van der Waals surface area contributed by atoms with Crippen LogP contribution in [0.1, 0.15) is 50.7 Å². The Labute approximate surface area is 201 Å². The Balaban J connectivity index is 1.56. The summed E-state index contributed by atoms with van der Waals surface area (Å²) in [6, 6.07) is 23.2. The molecular weight excluding hydrogens is 422 g/mol. The van der Waals surface area contributed by atoms with Crippen LogP contribution in [0.3, 0.4) is 0 Å². The van der Waals surface area contributed by atoms with Crippen molar-refractivity contribution in [3.05, 3.63) is 77.9 Å². The van der Waals surface area contributed by atoms with Crippen molar-refractivity contribution in [3.63, 3.8) is 0 Å². The molecule has 3 aliphatic rings. The van der Waals surface area contributed by atoms with Crippen molar-refractivity contribution in [1.82, 2.24) is 0 Å². The maximum atomic E-state index is 13.3. The molecule has 174 valence electrons. The normalized spacial score (nSPS) is 24.6. The monoisotopic (exact) mass is 453 g/mol. The molecule has 3 atom stereocenters. The Morgan fingerprint density at radius 1 is 0.853 bits per heavy atom. The second-order valence-corrected chi connectivity index (χ2v) is 9.69. The van der Waals surface area contributed by atoms with Gasteiger partial charge in [0.2, 0.25) is 0 Å². The van der Waals surface area contributed by atoms with Crippen LogP contribution in [0, 0.1) is 11.8 Å². The molecule has 1 saturated carbocycles. The quantitative estimate of drug-likeness (QED) is 0.402. The number of fused-ring (bicyclic) bond motifs is 6. The first-order valence-electron chi connectivity index (χ1n) is 12.7. The van der Waals surface area contributed by atoms with Gasteiger partial charge < -0.3 is 14.4 Å². The van der Waals surface area contributed by atoms with Crippen LogP contribution in [0.25, 0.3) is 11.1 Å². The van der Waals surface area contributed by atoms with Crippen molar-refractivity contribution >= 4 is 11.7 Å². The van der Waals surface area contributed by atoms with Crippen LogP contribution in [0.2, 0.25) is 0 Å². The Hall–Kier alpha value is -3.27. The topological polar surface area (TPSA) is 38.8 Å². The zero-order valence-corrected chi connectivity index (χ0v) is 19.9. The van der Waals surface area contributed by atoms with Gasteiger partial charge in [-0.3, -0.25) is 4.79 Å². The zero-order chi connectivity index (χ0) is 23.3. The lowest BCUT2D eigenvalue weighted by Gasteiger charge is -2.42. The zero-order valence-electron chi connectivity index (χ0n) is 19.9. The van der Waals surface area contributed by atoms with Gasteiger partial charge in [0.1, 0.15) is 11.5 Å². The highest BCUT2D eigenvalue weighted by Gasteiger charge is 2.61. The van der Waals surface area contributed by atoms with E-state index in [2.05, 4.69) is 79.4 Å². The molecule has 1 saturated heterocycles. The van der Waals surface area contributed by atoms with Gasteiger partial charge in [-0.05, 0) is 62.1 Å². The molecule has 0 bridgehead atoms. The summed E-state index contributed by atoms with van der Waals surface area (Å²) in [5.74, 6) is 1.63. The lowest BCUT2D eigenvalue weighted by molar-refractivity contribution is -0.149. The molecule has 1 aliphatic carbocycles. The predicted molar refractivity (Wildman–Crippen MR) is 134 cm³/mol. The lowest BCUT2D eigenvalue weighted by Crippen LogP contribution is -2.39. The number of nitrogens with zero attached hydrogens (tertiary/aromatic N) is 1. The number of hydrogen-bond acceptors (Lipinski definition) is 4. The van der Waals surface area contributed by atoms with E-state index >= 15 is 0 Å². The molecule has 0 radical (unpaired) electrons. The fraction of sp³-hybridized carbons (Fsp3) is 0.367. The maximum absolute atomic E-state index is 13.3. The SMILES string of the molecule is CCN(CC)c1ccc2c(c1)Oc1ccc(-c3ccccc3)cc1C21OC(=O)C2CCCCC21. The summed E-state index contributed by atoms with van der Waals surface area (Å²) in [4.78, 5) is 15.6. The van der Waals surface area contributed by atoms with Gasteiger partial charge in [-0.15, -0.1) is 0 Å². The number of ether oxygens (including phenoxy) is 2. The summed E-state index contributed by atoms with van der Waals surface area (Å²) >= 11 is 0. The van der Waals surface area contributed by atoms with Gasteiger partial charge in [0, 0.05) is 41.9 Å². The van der Waals surface area contributed by atoms with Crippen molar-refractivity contribution in [2.24, 2.45) is 11.8 Å². The number of rotatable bonds is 4. The van der Waals surface area contributed by atoms with Crippen LogP contribution in [0.15, 0.2) is 66.7 Å². The molecular formula is C30H31NO3. The van der Waals surface area contributed by atoms with Crippen LogP contribution in [-0.2, 0) is 15.1 Å². The largest absolute Gasteiger partial charge is 0.456 e. The fourth-order valence-electron chi connectivity index (χ4n) is 6.39. The molecule has 2 heterocycles. The van der Waals surface area contributed by atoms with Gasteiger partial charge in [-0.2, -0.15) is 0 Å². The molecule has 0 aromatic heterocycles. The third kappa shape index (κ3) is 3.08. The van der Waals surface area contributed by atoms with Crippen molar-refractivity contribution in [2.75, 3.05) is 18.0 Å². The molecule has 3 aromatic carbocycles. The molecule has 3 aromatic rings. The Morgan fingerprint density at radius 3 is 2.44 bits per heavy atom. The van der Waals surface area contributed by atoms with Crippen LogP contribution >= 0.6 is 0 Å². The first-order chi connectivity index (χ1) is 16.7. The Morgan fingerprint density at radius 2 is 1.65 bits per heavy atom. The standard InChI is InChI=1S/C30H31NO3/c1-3-31(4-2)22-15-16-25-28(19-22)33-27-17-14-21(20-10-6-5-7-11-20)18-26(27)30(25)24-13-9-8-12-23(24)29(32)34-30/h5-7,10-11,14-19,23-24H,3-4,8-9,12-13H2,1-2H3. The van der Waals surface area contributed by atoms with Gasteiger partial charge in [0.15, 0.2) is 5.60 Å². The highest BCUT2D eigenvalue weighted by molar-refractivity contribution is 5.80. The van der Waals surface area contributed by atoms with Crippen molar-refractivity contribution in [3.8, 4) is 22.6 Å². The summed E-state index contributed by atoms with van der Waals surface area (Å²) in [6.45, 7) is 6.18. The summed E-state index contributed by atoms with van der Waals surface area (Å²) in [7, 11) is 0. The van der Waals surface area contributed by atoms with E-state index in [0.29, 0.717) is 0 Å². The molecule has 0 N–H and O–H groups in total. The average Bonchev–Trinajstić information content (AvgIpc) is 3.18. The summed E-state index contributed by atoms with van der Waals surface area (Å²) in [5, 5.41) is 0. The number of anilines is 1. The van der Waals surface area contributed by atoms with Crippen molar-refractivity contribution < 1.29 is 14.3 Å². The summed E-state index contributed by atoms with van der Waals surface area (Å²) < 4.78 is 13.0. The third-order valence-electron chi connectivity index (χ3n) is 8.05. The van der Waals surface area contributed by atoms with E-state index in [1.807, 2.05) is 6.07 Å². The predicted octanol–water partition coefficient (Wildman–Crippen LogP) is 6.91. The summed E-state index contributed by atoms with van der Waals surface area (Å²) in [5.41, 5.74) is 4.57. The Kier molecular flexibility index (Phi) is 5.13. The third-order valence-corrected chi connectivity index (χ3v) is 8.05. The molecule has 2 fully saturated rings. The maximum Gasteiger partial charge on any atom is 0.310 e. The van der Waals surface area contributed by atoms with Crippen LogP contribution in [-0.4, -0.2) is 19.1 Å². The number of hydrogen-bond donors (Lipinski definition) is 0. The number of esters is 1. The van der Waals surface area contributed by atoms with E-state index in [1.165, 1.54) is 0 Å². The minimum atomic E-state index is -0.794. The molecule has 2 aliphatic heterocycles. The summed E-state index contributed by atoms with van der Waals surface area (Å²) in [6.07, 6.45) is 4.11. The van der Waals surface area contributed by atoms with Crippen LogP contribution in [0.5, 0.6) is 11.5 Å². The van der Waals surface area contributed by atoms with Gasteiger partial charge in [-0.1, -0.05) is 49.2 Å². The second kappa shape index (κ2) is 8.19. The minimum absolute atomic E-state index is 0.0459. The minimum Gasteiger partial charge on any atom is -0.456 e. The lowest BCUT2D eigenvalue weighted by atomic mass is 9.66. The van der Waals surface area contributed by atoms with Gasteiger partial charge >= 0.3 is 5.97 Å². The number of benzene rings is 3. The van der Waals surface area contributed by atoms with Crippen LogP contribution in [0.4, 0.5) is 5.69 Å². The van der Waals surface area contributed by atoms with Gasteiger partial charge in [-0.25, -0.2) is 0 Å². The average molecular weight is 454 g/mol. The first-order valence-corrected chi connectivity index (χ1v) is 12.7. The number of carbonyl (C=O) groups is 1. The highest BCUT2D eigenvalue weighted by Crippen LogP contribution is 2.61. The smallest absolute Gasteiger partial charge is 0.310 e. The van der Waals surface area contributed by atoms with E-state index in [9.17, 15) is 4.79 Å². The fourth-order valence-corrected chi connectivity index (χ4v) is 6.39. The van der Waals surface area contributed by atoms with Crippen LogP contribution < -0.4 is 9.64 Å². The van der Waals surface area contributed by atoms with E-state index in [4.69, 9.17) is 9.47 Å². The van der Waals surface area contributed by atoms with Gasteiger partial charge in [0.25, 0.3) is 0 Å². The molecule has 4 heteroatoms. The number of carbonyl (C=O) groups excluding carboxylic acids is 1. The molecule has 3 unspecified atom stereocenters. The molecule has 34 heavy (non-hydrogen) atoms. The highest BCUT2D eigenvalue weighted by atomic mass is 16.6. The molecule has 4 nitrogen and oxygen atoms in total. The van der Waals surface area contributed by atoms with E-state index in [0.717, 1.165) is 78.2 Å². The van der Waals surface area contributed by atoms with Crippen molar-refractivity contribution in [1.29, 1.82) is 0 Å². The molecule has 0 amide bonds. The second-order valence-electron chi connectivity index (χ2n) is 9.69. The van der Waals surface area contributed by atoms with E-state index < -0.39 is 5.60 Å². The Bertz CT molecular complexity index is 1230. The first kappa shape index (κ1) is 21.3. The van der Waals surface area contributed by atoms with Crippen molar-refractivity contribution in [2.45, 2.75) is 45.1 Å².